The summed E-state index contributed by atoms with van der Waals surface area (Å²) >= 11 is 0. The molecule has 0 aliphatic carbocycles. The summed E-state index contributed by atoms with van der Waals surface area (Å²) in [5.74, 6) is 0.734. The van der Waals surface area contributed by atoms with Crippen LogP contribution in [0.5, 0.6) is 5.88 Å². The molecule has 0 unspecified atom stereocenters. The van der Waals surface area contributed by atoms with E-state index in [1.54, 1.807) is 0 Å². The lowest BCUT2D eigenvalue weighted by atomic mass is 10.1. The van der Waals surface area contributed by atoms with Crippen molar-refractivity contribution in [1.29, 1.82) is 0 Å². The normalized spacial score (nSPS) is 10.6. The first-order valence-electron chi connectivity index (χ1n) is 7.12. The molecule has 0 spiro atoms. The molecule has 0 fully saturated rings. The number of hydrogen-bond donors (Lipinski definition) is 1. The van der Waals surface area contributed by atoms with E-state index in [0.717, 1.165) is 43.0 Å². The maximum Gasteiger partial charge on any atom is 0.213 e. The largest absolute Gasteiger partial charge is 0.478 e. The van der Waals surface area contributed by atoms with Gasteiger partial charge >= 0.3 is 0 Å². The van der Waals surface area contributed by atoms with Crippen molar-refractivity contribution < 1.29 is 4.74 Å². The quantitative estimate of drug-likeness (QED) is 0.683. The number of hydrogen-bond acceptors (Lipinski definition) is 3. The molecule has 3 nitrogen and oxygen atoms in total. The molecule has 0 amide bonds. The number of pyridine rings is 1. The molecule has 0 atom stereocenters. The van der Waals surface area contributed by atoms with E-state index in [1.807, 2.05) is 6.07 Å². The summed E-state index contributed by atoms with van der Waals surface area (Å²) in [5.41, 5.74) is 7.89. The molecule has 18 heavy (non-hydrogen) atoms. The van der Waals surface area contributed by atoms with Gasteiger partial charge in [0.2, 0.25) is 5.88 Å². The number of unbranched alkanes of at least 4 members (excludes halogenated alkanes) is 3. The van der Waals surface area contributed by atoms with Gasteiger partial charge in [0.25, 0.3) is 0 Å². The molecule has 0 saturated carbocycles. The van der Waals surface area contributed by atoms with Crippen molar-refractivity contribution in [2.75, 3.05) is 6.61 Å². The first-order chi connectivity index (χ1) is 8.80. The van der Waals surface area contributed by atoms with Gasteiger partial charge in [-0.2, -0.15) is 0 Å². The van der Waals surface area contributed by atoms with Crippen LogP contribution in [0.3, 0.4) is 0 Å². The summed E-state index contributed by atoms with van der Waals surface area (Å²) in [4.78, 5) is 4.51. The Morgan fingerprint density at radius 3 is 2.61 bits per heavy atom. The monoisotopic (exact) mass is 250 g/mol. The van der Waals surface area contributed by atoms with Crippen LogP contribution in [0.2, 0.25) is 0 Å². The lowest BCUT2D eigenvalue weighted by Crippen LogP contribution is -2.04. The van der Waals surface area contributed by atoms with Crippen LogP contribution >= 0.6 is 0 Å². The van der Waals surface area contributed by atoms with Gasteiger partial charge in [-0.25, -0.2) is 4.98 Å². The van der Waals surface area contributed by atoms with Gasteiger partial charge in [0.1, 0.15) is 0 Å². The van der Waals surface area contributed by atoms with Gasteiger partial charge in [-0.05, 0) is 24.5 Å². The lowest BCUT2D eigenvalue weighted by molar-refractivity contribution is 0.292. The minimum Gasteiger partial charge on any atom is -0.478 e. The van der Waals surface area contributed by atoms with Crippen LogP contribution in [0.1, 0.15) is 57.2 Å². The highest BCUT2D eigenvalue weighted by atomic mass is 16.5. The number of aryl methyl sites for hydroxylation is 1. The third kappa shape index (κ3) is 5.50. The van der Waals surface area contributed by atoms with E-state index in [9.17, 15) is 0 Å². The van der Waals surface area contributed by atoms with Crippen LogP contribution in [0.4, 0.5) is 0 Å². The zero-order chi connectivity index (χ0) is 13.2. The van der Waals surface area contributed by atoms with Gasteiger partial charge < -0.3 is 10.5 Å². The van der Waals surface area contributed by atoms with E-state index in [2.05, 4.69) is 24.9 Å². The van der Waals surface area contributed by atoms with Crippen LogP contribution in [-0.4, -0.2) is 11.6 Å². The second-order valence-corrected chi connectivity index (χ2v) is 4.67. The molecular formula is C15H26N2O. The van der Waals surface area contributed by atoms with Crippen LogP contribution in [0.25, 0.3) is 0 Å². The third-order valence-corrected chi connectivity index (χ3v) is 2.90. The standard InChI is InChI=1S/C15H26N2O/c1-3-5-6-7-9-18-15-11-13(12-16)10-14(17-15)8-4-2/h10-11H,3-9,12,16H2,1-2H3. The minimum absolute atomic E-state index is 0.547. The zero-order valence-electron chi connectivity index (χ0n) is 11.7. The van der Waals surface area contributed by atoms with Crippen molar-refractivity contribution in [1.82, 2.24) is 4.98 Å². The summed E-state index contributed by atoms with van der Waals surface area (Å²) in [6, 6.07) is 4.03. The van der Waals surface area contributed by atoms with Gasteiger partial charge in [-0.3, -0.25) is 0 Å². The number of ether oxygens (including phenoxy) is 1. The number of aromatic nitrogens is 1. The molecule has 1 aromatic heterocycles. The van der Waals surface area contributed by atoms with Crippen LogP contribution < -0.4 is 10.5 Å². The molecule has 1 aromatic rings. The molecule has 0 aromatic carbocycles. The molecule has 0 bridgehead atoms. The lowest BCUT2D eigenvalue weighted by Gasteiger charge is -2.09. The van der Waals surface area contributed by atoms with Gasteiger partial charge in [0.15, 0.2) is 0 Å². The minimum atomic E-state index is 0.547. The van der Waals surface area contributed by atoms with E-state index in [4.69, 9.17) is 10.5 Å². The summed E-state index contributed by atoms with van der Waals surface area (Å²) in [6.45, 7) is 5.67. The number of rotatable bonds is 9. The molecule has 1 rings (SSSR count). The van der Waals surface area contributed by atoms with E-state index in [-0.39, 0.29) is 0 Å². The average molecular weight is 250 g/mol. The van der Waals surface area contributed by atoms with Crippen molar-refractivity contribution in [3.63, 3.8) is 0 Å². The predicted molar refractivity (Wildman–Crippen MR) is 75.8 cm³/mol. The van der Waals surface area contributed by atoms with Gasteiger partial charge in [0.05, 0.1) is 6.61 Å². The number of nitrogens with zero attached hydrogens (tertiary/aromatic N) is 1. The molecule has 2 N–H and O–H groups in total. The van der Waals surface area contributed by atoms with Gasteiger partial charge in [0, 0.05) is 18.3 Å². The first kappa shape index (κ1) is 15.0. The Morgan fingerprint density at radius 1 is 1.11 bits per heavy atom. The summed E-state index contributed by atoms with van der Waals surface area (Å²) in [5, 5.41) is 0. The Kier molecular flexibility index (Phi) is 7.42. The SMILES string of the molecule is CCCCCCOc1cc(CN)cc(CCC)n1. The Hall–Kier alpha value is -1.09. The van der Waals surface area contributed by atoms with Gasteiger partial charge in [-0.15, -0.1) is 0 Å². The van der Waals surface area contributed by atoms with E-state index >= 15 is 0 Å². The van der Waals surface area contributed by atoms with Crippen molar-refractivity contribution in [3.8, 4) is 5.88 Å². The van der Waals surface area contributed by atoms with Crippen LogP contribution in [0.15, 0.2) is 12.1 Å². The average Bonchev–Trinajstić information content (AvgIpc) is 2.38. The predicted octanol–water partition coefficient (Wildman–Crippen LogP) is 3.45. The fourth-order valence-electron chi connectivity index (χ4n) is 1.90. The van der Waals surface area contributed by atoms with Crippen molar-refractivity contribution in [3.05, 3.63) is 23.4 Å². The topological polar surface area (TPSA) is 48.1 Å². The molecule has 1 heterocycles. The third-order valence-electron chi connectivity index (χ3n) is 2.90. The summed E-state index contributed by atoms with van der Waals surface area (Å²) in [7, 11) is 0. The molecule has 0 radical (unpaired) electrons. The van der Waals surface area contributed by atoms with Crippen molar-refractivity contribution in [2.45, 2.75) is 58.9 Å². The Balaban J connectivity index is 2.50. The van der Waals surface area contributed by atoms with Gasteiger partial charge in [-0.1, -0.05) is 39.5 Å². The number of nitrogens with two attached hydrogens (primary N) is 1. The molecular weight excluding hydrogens is 224 g/mol. The highest BCUT2D eigenvalue weighted by Gasteiger charge is 2.02. The Morgan fingerprint density at radius 2 is 1.94 bits per heavy atom. The highest BCUT2D eigenvalue weighted by molar-refractivity contribution is 5.25. The van der Waals surface area contributed by atoms with Crippen LogP contribution in [0, 0.1) is 0 Å². The highest BCUT2D eigenvalue weighted by Crippen LogP contribution is 2.14. The first-order valence-corrected chi connectivity index (χ1v) is 7.12. The molecule has 3 heteroatoms. The molecule has 0 saturated heterocycles. The zero-order valence-corrected chi connectivity index (χ0v) is 11.7. The van der Waals surface area contributed by atoms with Crippen molar-refractivity contribution in [2.24, 2.45) is 5.73 Å². The second kappa shape index (κ2) is 8.92. The fraction of sp³-hybridized carbons (Fsp3) is 0.667. The molecule has 0 aliphatic heterocycles. The molecule has 102 valence electrons. The molecule has 0 aliphatic rings. The second-order valence-electron chi connectivity index (χ2n) is 4.67. The summed E-state index contributed by atoms with van der Waals surface area (Å²) < 4.78 is 5.72. The Bertz CT molecular complexity index is 339. The van der Waals surface area contributed by atoms with E-state index in [0.29, 0.717) is 6.54 Å². The maximum atomic E-state index is 5.72. The fourth-order valence-corrected chi connectivity index (χ4v) is 1.90. The van der Waals surface area contributed by atoms with Crippen LogP contribution in [-0.2, 0) is 13.0 Å². The van der Waals surface area contributed by atoms with Crippen molar-refractivity contribution >= 4 is 0 Å². The van der Waals surface area contributed by atoms with E-state index in [1.165, 1.54) is 19.3 Å². The van der Waals surface area contributed by atoms with E-state index < -0.39 is 0 Å². The maximum absolute atomic E-state index is 5.72. The Labute approximate surface area is 111 Å². The smallest absolute Gasteiger partial charge is 0.213 e. The summed E-state index contributed by atoms with van der Waals surface area (Å²) in [6.07, 6.45) is 6.94.